The third kappa shape index (κ3) is 3.60. The van der Waals surface area contributed by atoms with Crippen LogP contribution in [0, 0.1) is 6.92 Å². The number of unbranched alkanes of at least 4 members (excludes halogenated alkanes) is 1. The lowest BCUT2D eigenvalue weighted by Crippen LogP contribution is -2.22. The first-order chi connectivity index (χ1) is 6.72. The van der Waals surface area contributed by atoms with Crippen LogP contribution in [0.4, 0.5) is 0 Å². The van der Waals surface area contributed by atoms with E-state index < -0.39 is 0 Å². The fraction of sp³-hybridized carbons (Fsp3) is 0.600. The molecule has 1 amide bonds. The molecule has 78 valence electrons. The third-order valence-electron chi connectivity index (χ3n) is 1.89. The van der Waals surface area contributed by atoms with Crippen LogP contribution in [0.2, 0.25) is 0 Å². The van der Waals surface area contributed by atoms with Gasteiger partial charge in [-0.25, -0.2) is 4.98 Å². The minimum Gasteiger partial charge on any atom is -0.449 e. The fourth-order valence-corrected chi connectivity index (χ4v) is 1.10. The Kier molecular flexibility index (Phi) is 4.16. The number of nitrogens with one attached hydrogen (secondary N) is 1. The predicted molar refractivity (Wildman–Crippen MR) is 52.6 cm³/mol. The minimum absolute atomic E-state index is 0.0764. The van der Waals surface area contributed by atoms with E-state index in [-0.39, 0.29) is 5.91 Å². The SMILES string of the molecule is CCCCC(=O)NCc1coc(C)n1. The van der Waals surface area contributed by atoms with Crippen LogP contribution in [0.5, 0.6) is 0 Å². The Balaban J connectivity index is 2.23. The molecule has 4 heteroatoms. The summed E-state index contributed by atoms with van der Waals surface area (Å²) >= 11 is 0. The average Bonchev–Trinajstić information content (AvgIpc) is 2.58. The Bertz CT molecular complexity index is 294. The van der Waals surface area contributed by atoms with Gasteiger partial charge in [-0.15, -0.1) is 0 Å². The quantitative estimate of drug-likeness (QED) is 0.781. The Morgan fingerprint density at radius 2 is 2.43 bits per heavy atom. The van der Waals surface area contributed by atoms with Gasteiger partial charge in [0.2, 0.25) is 5.91 Å². The fourth-order valence-electron chi connectivity index (χ4n) is 1.10. The highest BCUT2D eigenvalue weighted by molar-refractivity contribution is 5.75. The molecule has 4 nitrogen and oxygen atoms in total. The van der Waals surface area contributed by atoms with E-state index in [1.54, 1.807) is 13.2 Å². The normalized spacial score (nSPS) is 10.1. The number of aryl methyl sites for hydroxylation is 1. The van der Waals surface area contributed by atoms with Gasteiger partial charge in [-0.1, -0.05) is 13.3 Å². The molecular formula is C10H16N2O2. The van der Waals surface area contributed by atoms with E-state index >= 15 is 0 Å². The van der Waals surface area contributed by atoms with Crippen LogP contribution in [0.3, 0.4) is 0 Å². The van der Waals surface area contributed by atoms with Crippen molar-refractivity contribution >= 4 is 5.91 Å². The van der Waals surface area contributed by atoms with Crippen LogP contribution in [0.25, 0.3) is 0 Å². The lowest BCUT2D eigenvalue weighted by Gasteiger charge is -2.00. The highest BCUT2D eigenvalue weighted by Crippen LogP contribution is 2.00. The van der Waals surface area contributed by atoms with Gasteiger partial charge in [0.25, 0.3) is 0 Å². The molecule has 1 aromatic heterocycles. The van der Waals surface area contributed by atoms with Gasteiger partial charge < -0.3 is 9.73 Å². The molecule has 0 radical (unpaired) electrons. The molecule has 0 fully saturated rings. The van der Waals surface area contributed by atoms with Crippen molar-refractivity contribution < 1.29 is 9.21 Å². The number of hydrogen-bond donors (Lipinski definition) is 1. The number of carbonyl (C=O) groups is 1. The maximum atomic E-state index is 11.2. The van der Waals surface area contributed by atoms with Gasteiger partial charge in [0, 0.05) is 13.3 Å². The van der Waals surface area contributed by atoms with E-state index in [4.69, 9.17) is 4.42 Å². The Labute approximate surface area is 83.7 Å². The van der Waals surface area contributed by atoms with E-state index in [2.05, 4.69) is 17.2 Å². The van der Waals surface area contributed by atoms with E-state index in [0.29, 0.717) is 18.9 Å². The maximum absolute atomic E-state index is 11.2. The van der Waals surface area contributed by atoms with Gasteiger partial charge in [0.15, 0.2) is 5.89 Å². The number of amides is 1. The molecule has 0 saturated heterocycles. The number of rotatable bonds is 5. The van der Waals surface area contributed by atoms with Crippen LogP contribution < -0.4 is 5.32 Å². The lowest BCUT2D eigenvalue weighted by atomic mass is 10.2. The van der Waals surface area contributed by atoms with Crippen molar-refractivity contribution in [3.8, 4) is 0 Å². The summed E-state index contributed by atoms with van der Waals surface area (Å²) in [4.78, 5) is 15.3. The monoisotopic (exact) mass is 196 g/mol. The van der Waals surface area contributed by atoms with Gasteiger partial charge in [0.05, 0.1) is 12.2 Å². The molecule has 0 aliphatic carbocycles. The van der Waals surface area contributed by atoms with Crippen molar-refractivity contribution in [2.24, 2.45) is 0 Å². The summed E-state index contributed by atoms with van der Waals surface area (Å²) in [5, 5.41) is 2.79. The molecule has 0 unspecified atom stereocenters. The van der Waals surface area contributed by atoms with Crippen molar-refractivity contribution in [1.82, 2.24) is 10.3 Å². The summed E-state index contributed by atoms with van der Waals surface area (Å²) in [6.07, 6.45) is 4.13. The zero-order valence-electron chi connectivity index (χ0n) is 8.67. The number of hydrogen-bond acceptors (Lipinski definition) is 3. The number of oxazole rings is 1. The molecule has 14 heavy (non-hydrogen) atoms. The summed E-state index contributed by atoms with van der Waals surface area (Å²) in [5.74, 6) is 0.704. The summed E-state index contributed by atoms with van der Waals surface area (Å²) < 4.78 is 5.02. The zero-order chi connectivity index (χ0) is 10.4. The van der Waals surface area contributed by atoms with Crippen molar-refractivity contribution in [3.05, 3.63) is 17.8 Å². The first-order valence-corrected chi connectivity index (χ1v) is 4.90. The van der Waals surface area contributed by atoms with Gasteiger partial charge in [-0.2, -0.15) is 0 Å². The second-order valence-corrected chi connectivity index (χ2v) is 3.24. The minimum atomic E-state index is 0.0764. The van der Waals surface area contributed by atoms with Crippen LogP contribution in [0.15, 0.2) is 10.7 Å². The standard InChI is InChI=1S/C10H16N2O2/c1-3-4-5-10(13)11-6-9-7-14-8(2)12-9/h7H,3-6H2,1-2H3,(H,11,13). The molecule has 0 spiro atoms. The van der Waals surface area contributed by atoms with Crippen LogP contribution >= 0.6 is 0 Å². The molecule has 0 atom stereocenters. The second-order valence-electron chi connectivity index (χ2n) is 3.24. The summed E-state index contributed by atoms with van der Waals surface area (Å²) in [6.45, 7) is 4.30. The van der Waals surface area contributed by atoms with E-state index in [0.717, 1.165) is 18.5 Å². The van der Waals surface area contributed by atoms with Crippen molar-refractivity contribution in [2.75, 3.05) is 0 Å². The predicted octanol–water partition coefficient (Wildman–Crippen LogP) is 1.79. The summed E-state index contributed by atoms with van der Waals surface area (Å²) in [5.41, 5.74) is 0.771. The van der Waals surface area contributed by atoms with Crippen molar-refractivity contribution in [1.29, 1.82) is 0 Å². The van der Waals surface area contributed by atoms with Gasteiger partial charge in [-0.05, 0) is 6.42 Å². The highest BCUT2D eigenvalue weighted by atomic mass is 16.3. The maximum Gasteiger partial charge on any atom is 0.220 e. The Morgan fingerprint density at radius 3 is 3.00 bits per heavy atom. The molecule has 1 N–H and O–H groups in total. The van der Waals surface area contributed by atoms with Crippen LogP contribution in [0.1, 0.15) is 37.8 Å². The van der Waals surface area contributed by atoms with Crippen LogP contribution in [-0.2, 0) is 11.3 Å². The highest BCUT2D eigenvalue weighted by Gasteiger charge is 2.02. The lowest BCUT2D eigenvalue weighted by molar-refractivity contribution is -0.121. The Hall–Kier alpha value is -1.32. The largest absolute Gasteiger partial charge is 0.449 e. The van der Waals surface area contributed by atoms with Gasteiger partial charge >= 0.3 is 0 Å². The molecule has 0 aliphatic heterocycles. The first-order valence-electron chi connectivity index (χ1n) is 4.90. The first kappa shape index (κ1) is 10.8. The topological polar surface area (TPSA) is 55.1 Å². The van der Waals surface area contributed by atoms with E-state index in [1.165, 1.54) is 0 Å². The molecule has 0 aromatic carbocycles. The summed E-state index contributed by atoms with van der Waals surface area (Å²) in [7, 11) is 0. The molecular weight excluding hydrogens is 180 g/mol. The number of nitrogens with zero attached hydrogens (tertiary/aromatic N) is 1. The van der Waals surface area contributed by atoms with Gasteiger partial charge in [0.1, 0.15) is 6.26 Å². The number of aromatic nitrogens is 1. The average molecular weight is 196 g/mol. The molecule has 0 bridgehead atoms. The van der Waals surface area contributed by atoms with E-state index in [9.17, 15) is 4.79 Å². The zero-order valence-corrected chi connectivity index (χ0v) is 8.67. The van der Waals surface area contributed by atoms with E-state index in [1.807, 2.05) is 0 Å². The third-order valence-corrected chi connectivity index (χ3v) is 1.89. The number of carbonyl (C=O) groups excluding carboxylic acids is 1. The van der Waals surface area contributed by atoms with Crippen LogP contribution in [-0.4, -0.2) is 10.9 Å². The second kappa shape index (κ2) is 5.42. The van der Waals surface area contributed by atoms with Crippen molar-refractivity contribution in [2.45, 2.75) is 39.7 Å². The Morgan fingerprint density at radius 1 is 1.64 bits per heavy atom. The molecule has 0 saturated carbocycles. The van der Waals surface area contributed by atoms with Gasteiger partial charge in [-0.3, -0.25) is 4.79 Å². The molecule has 0 aliphatic rings. The van der Waals surface area contributed by atoms with Crippen molar-refractivity contribution in [3.63, 3.8) is 0 Å². The molecule has 1 rings (SSSR count). The smallest absolute Gasteiger partial charge is 0.220 e. The molecule has 1 aromatic rings. The molecule has 1 heterocycles. The summed E-state index contributed by atoms with van der Waals surface area (Å²) in [6, 6.07) is 0.